The van der Waals surface area contributed by atoms with Crippen LogP contribution >= 0.6 is 11.3 Å². The quantitative estimate of drug-likeness (QED) is 0.712. The topological polar surface area (TPSA) is 70.7 Å². The smallest absolute Gasteiger partial charge is 0.192 e. The van der Waals surface area contributed by atoms with Gasteiger partial charge in [-0.1, -0.05) is 0 Å². The number of nitrogens with zero attached hydrogens (tertiary/aromatic N) is 4. The molecule has 0 atom stereocenters. The van der Waals surface area contributed by atoms with Gasteiger partial charge in [0.05, 0.1) is 10.9 Å². The lowest BCUT2D eigenvalue weighted by Gasteiger charge is -1.97. The van der Waals surface area contributed by atoms with Crippen LogP contribution in [0.15, 0.2) is 47.0 Å². The lowest BCUT2D eigenvalue weighted by Crippen LogP contribution is -1.73. The Bertz CT molecular complexity index is 752. The molecular weight excluding hydrogens is 260 g/mol. The molecule has 3 rings (SSSR count). The number of hydrogen-bond acceptors (Lipinski definition) is 6. The van der Waals surface area contributed by atoms with Crippen LogP contribution in [0.3, 0.4) is 0 Å². The second kappa shape index (κ2) is 4.74. The molecule has 1 N–H and O–H groups in total. The van der Waals surface area contributed by atoms with Gasteiger partial charge in [-0.05, 0) is 25.1 Å². The number of phenolic OH excluding ortho intramolecular Hbond substituents is 1. The Kier molecular flexibility index (Phi) is 2.92. The van der Waals surface area contributed by atoms with Crippen molar-refractivity contribution >= 4 is 32.9 Å². The van der Waals surface area contributed by atoms with Gasteiger partial charge in [-0.15, -0.1) is 21.6 Å². The number of hydrogen-bond donors (Lipinski definition) is 1. The molecule has 0 aliphatic heterocycles. The van der Waals surface area contributed by atoms with Crippen molar-refractivity contribution in [1.29, 1.82) is 0 Å². The lowest BCUT2D eigenvalue weighted by atomic mass is 10.2. The van der Waals surface area contributed by atoms with Crippen LogP contribution in [-0.2, 0) is 0 Å². The van der Waals surface area contributed by atoms with E-state index in [-0.39, 0.29) is 5.75 Å². The first-order chi connectivity index (χ1) is 9.24. The van der Waals surface area contributed by atoms with Gasteiger partial charge in [0, 0.05) is 22.7 Å². The van der Waals surface area contributed by atoms with Crippen LogP contribution in [0.25, 0.3) is 10.1 Å². The molecule has 0 radical (unpaired) electrons. The SMILES string of the molecule is Cc1cc2c(O)ccc(/N=N/c3cnccn3)c2s1. The van der Waals surface area contributed by atoms with Crippen molar-refractivity contribution < 1.29 is 5.11 Å². The van der Waals surface area contributed by atoms with Crippen molar-refractivity contribution in [2.45, 2.75) is 6.92 Å². The Labute approximate surface area is 113 Å². The molecule has 94 valence electrons. The van der Waals surface area contributed by atoms with Crippen LogP contribution in [0, 0.1) is 6.92 Å². The summed E-state index contributed by atoms with van der Waals surface area (Å²) < 4.78 is 0.921. The van der Waals surface area contributed by atoms with Gasteiger partial charge in [0.25, 0.3) is 0 Å². The Morgan fingerprint density at radius 3 is 2.89 bits per heavy atom. The number of aryl methyl sites for hydroxylation is 1. The van der Waals surface area contributed by atoms with E-state index < -0.39 is 0 Å². The third-order valence-electron chi connectivity index (χ3n) is 2.57. The molecule has 0 bridgehead atoms. The van der Waals surface area contributed by atoms with Crippen molar-refractivity contribution in [3.8, 4) is 5.75 Å². The molecule has 0 aliphatic rings. The largest absolute Gasteiger partial charge is 0.507 e. The van der Waals surface area contributed by atoms with E-state index in [4.69, 9.17) is 0 Å². The monoisotopic (exact) mass is 270 g/mol. The number of rotatable bonds is 2. The first-order valence-electron chi connectivity index (χ1n) is 5.64. The predicted octanol–water partition coefficient (Wildman–Crippen LogP) is 4.12. The van der Waals surface area contributed by atoms with Crippen molar-refractivity contribution in [2.24, 2.45) is 10.2 Å². The standard InChI is InChI=1S/C13H10N4OS/c1-8-6-9-11(18)3-2-10(13(9)19-8)16-17-12-7-14-4-5-15-12/h2-7,18H,1H3/b17-16+. The fourth-order valence-electron chi connectivity index (χ4n) is 1.74. The molecule has 1 aromatic carbocycles. The number of aromatic hydroxyl groups is 1. The molecule has 0 spiro atoms. The van der Waals surface area contributed by atoms with E-state index in [0.29, 0.717) is 5.82 Å². The Balaban J connectivity index is 2.06. The zero-order valence-electron chi connectivity index (χ0n) is 10.1. The highest BCUT2D eigenvalue weighted by molar-refractivity contribution is 7.19. The second-order valence-electron chi connectivity index (χ2n) is 3.97. The van der Waals surface area contributed by atoms with Gasteiger partial charge in [0.1, 0.15) is 11.4 Å². The molecule has 0 amide bonds. The molecule has 5 nitrogen and oxygen atoms in total. The maximum absolute atomic E-state index is 9.81. The Morgan fingerprint density at radius 2 is 2.11 bits per heavy atom. The maximum atomic E-state index is 9.81. The van der Waals surface area contributed by atoms with Crippen LogP contribution < -0.4 is 0 Å². The fraction of sp³-hybridized carbons (Fsp3) is 0.0769. The highest BCUT2D eigenvalue weighted by Gasteiger charge is 2.08. The number of thiophene rings is 1. The first-order valence-corrected chi connectivity index (χ1v) is 6.45. The maximum Gasteiger partial charge on any atom is 0.192 e. The van der Waals surface area contributed by atoms with Crippen molar-refractivity contribution in [1.82, 2.24) is 9.97 Å². The lowest BCUT2D eigenvalue weighted by molar-refractivity contribution is 0.482. The van der Waals surface area contributed by atoms with E-state index in [0.717, 1.165) is 20.7 Å². The molecule has 0 saturated carbocycles. The summed E-state index contributed by atoms with van der Waals surface area (Å²) in [5.41, 5.74) is 0.719. The van der Waals surface area contributed by atoms with Crippen LogP contribution in [0.2, 0.25) is 0 Å². The number of azo groups is 1. The third kappa shape index (κ3) is 2.30. The number of fused-ring (bicyclic) bond motifs is 1. The van der Waals surface area contributed by atoms with Gasteiger partial charge < -0.3 is 5.11 Å². The summed E-state index contributed by atoms with van der Waals surface area (Å²) in [4.78, 5) is 9.07. The zero-order chi connectivity index (χ0) is 13.2. The van der Waals surface area contributed by atoms with Crippen LogP contribution in [-0.4, -0.2) is 15.1 Å². The molecule has 19 heavy (non-hydrogen) atoms. The van der Waals surface area contributed by atoms with Crippen molar-refractivity contribution in [3.63, 3.8) is 0 Å². The molecule has 3 aromatic rings. The summed E-state index contributed by atoms with van der Waals surface area (Å²) in [6.07, 6.45) is 4.69. The predicted molar refractivity (Wildman–Crippen MR) is 74.4 cm³/mol. The molecule has 0 saturated heterocycles. The van der Waals surface area contributed by atoms with Crippen LogP contribution in [0.5, 0.6) is 5.75 Å². The average molecular weight is 270 g/mol. The van der Waals surface area contributed by atoms with Gasteiger partial charge in [-0.3, -0.25) is 4.98 Å². The van der Waals surface area contributed by atoms with E-state index in [1.54, 1.807) is 42.1 Å². The van der Waals surface area contributed by atoms with Crippen LogP contribution in [0.1, 0.15) is 4.88 Å². The summed E-state index contributed by atoms with van der Waals surface area (Å²) in [7, 11) is 0. The first kappa shape index (κ1) is 11.7. The third-order valence-corrected chi connectivity index (χ3v) is 3.65. The summed E-state index contributed by atoms with van der Waals surface area (Å²) >= 11 is 1.58. The molecule has 2 aromatic heterocycles. The highest BCUT2D eigenvalue weighted by atomic mass is 32.1. The minimum atomic E-state index is 0.262. The van der Waals surface area contributed by atoms with E-state index in [1.165, 1.54) is 0 Å². The van der Waals surface area contributed by atoms with Gasteiger partial charge in [0.2, 0.25) is 0 Å². The van der Waals surface area contributed by atoms with Gasteiger partial charge >= 0.3 is 0 Å². The number of benzene rings is 1. The molecule has 6 heteroatoms. The van der Waals surface area contributed by atoms with Gasteiger partial charge in [-0.25, -0.2) is 4.98 Å². The molecule has 0 aliphatic carbocycles. The normalized spacial score (nSPS) is 11.4. The summed E-state index contributed by atoms with van der Waals surface area (Å²) in [5, 5.41) is 18.8. The number of aromatic nitrogens is 2. The van der Waals surface area contributed by atoms with E-state index >= 15 is 0 Å². The van der Waals surface area contributed by atoms with Crippen molar-refractivity contribution in [3.05, 3.63) is 41.7 Å². The average Bonchev–Trinajstić information content (AvgIpc) is 2.82. The van der Waals surface area contributed by atoms with E-state index in [1.807, 2.05) is 13.0 Å². The van der Waals surface area contributed by atoms with Crippen molar-refractivity contribution in [2.75, 3.05) is 0 Å². The second-order valence-corrected chi connectivity index (χ2v) is 5.22. The summed E-state index contributed by atoms with van der Waals surface area (Å²) in [6.45, 7) is 1.99. The highest BCUT2D eigenvalue weighted by Crippen LogP contribution is 2.38. The molecule has 2 heterocycles. The van der Waals surface area contributed by atoms with Gasteiger partial charge in [-0.2, -0.15) is 0 Å². The summed E-state index contributed by atoms with van der Waals surface area (Å²) in [6, 6.07) is 5.31. The Morgan fingerprint density at radius 1 is 1.21 bits per heavy atom. The van der Waals surface area contributed by atoms with Gasteiger partial charge in [0.15, 0.2) is 5.82 Å². The minimum Gasteiger partial charge on any atom is -0.507 e. The minimum absolute atomic E-state index is 0.262. The Hall–Kier alpha value is -2.34. The number of phenols is 1. The van der Waals surface area contributed by atoms with E-state index in [2.05, 4.69) is 20.2 Å². The molecular formula is C13H10N4OS. The summed E-state index contributed by atoms with van der Waals surface area (Å²) in [5.74, 6) is 0.717. The zero-order valence-corrected chi connectivity index (χ0v) is 10.9. The van der Waals surface area contributed by atoms with E-state index in [9.17, 15) is 5.11 Å². The molecule has 0 fully saturated rings. The fourth-order valence-corrected chi connectivity index (χ4v) is 2.73. The van der Waals surface area contributed by atoms with Crippen LogP contribution in [0.4, 0.5) is 11.5 Å². The molecule has 0 unspecified atom stereocenters.